The first-order chi connectivity index (χ1) is 7.99. The number of ketones is 1. The third-order valence-corrected chi connectivity index (χ3v) is 1.89. The number of primary amides is 1. The SMILES string of the molecule is CC(=O)c1ccc(OCC(=O)NC(N)=O)cc1. The standard InChI is InChI=1S/C11H12N2O4/c1-7(14)8-2-4-9(5-3-8)17-6-10(15)13-11(12)16/h2-5H,6H2,1H3,(H3,12,13,15,16). The zero-order chi connectivity index (χ0) is 12.8. The summed E-state index contributed by atoms with van der Waals surface area (Å²) in [5, 5.41) is 1.86. The van der Waals surface area contributed by atoms with Gasteiger partial charge in [0.25, 0.3) is 5.91 Å². The molecule has 1 aromatic rings. The smallest absolute Gasteiger partial charge is 0.318 e. The summed E-state index contributed by atoms with van der Waals surface area (Å²) in [5.74, 6) is -0.259. The second-order valence-electron chi connectivity index (χ2n) is 3.28. The molecule has 0 heterocycles. The molecule has 1 aromatic carbocycles. The van der Waals surface area contributed by atoms with Crippen molar-refractivity contribution in [2.24, 2.45) is 5.73 Å². The fourth-order valence-corrected chi connectivity index (χ4v) is 1.11. The van der Waals surface area contributed by atoms with E-state index in [1.54, 1.807) is 24.3 Å². The van der Waals surface area contributed by atoms with Gasteiger partial charge in [-0.15, -0.1) is 0 Å². The largest absolute Gasteiger partial charge is 0.484 e. The highest BCUT2D eigenvalue weighted by atomic mass is 16.5. The molecule has 0 unspecified atom stereocenters. The Balaban J connectivity index is 2.50. The van der Waals surface area contributed by atoms with Gasteiger partial charge >= 0.3 is 6.03 Å². The van der Waals surface area contributed by atoms with Gasteiger partial charge < -0.3 is 10.5 Å². The van der Waals surface area contributed by atoms with Gasteiger partial charge in [-0.1, -0.05) is 0 Å². The molecular formula is C11H12N2O4. The summed E-state index contributed by atoms with van der Waals surface area (Å²) in [6.07, 6.45) is 0. The Labute approximate surface area is 97.7 Å². The van der Waals surface area contributed by atoms with Gasteiger partial charge in [-0.05, 0) is 31.2 Å². The Bertz CT molecular complexity index is 439. The van der Waals surface area contributed by atoms with Crippen LogP contribution in [0.4, 0.5) is 4.79 Å². The van der Waals surface area contributed by atoms with Crippen molar-refractivity contribution in [3.8, 4) is 5.75 Å². The average molecular weight is 236 g/mol. The lowest BCUT2D eigenvalue weighted by Crippen LogP contribution is -2.38. The molecular weight excluding hydrogens is 224 g/mol. The van der Waals surface area contributed by atoms with Crippen LogP contribution in [-0.4, -0.2) is 24.3 Å². The van der Waals surface area contributed by atoms with Gasteiger partial charge in [0.1, 0.15) is 5.75 Å². The van der Waals surface area contributed by atoms with E-state index in [-0.39, 0.29) is 12.4 Å². The van der Waals surface area contributed by atoms with Gasteiger partial charge in [-0.2, -0.15) is 0 Å². The molecule has 0 fully saturated rings. The van der Waals surface area contributed by atoms with Gasteiger partial charge in [-0.3, -0.25) is 14.9 Å². The first kappa shape index (κ1) is 12.7. The summed E-state index contributed by atoms with van der Waals surface area (Å²) in [4.78, 5) is 32.3. The van der Waals surface area contributed by atoms with E-state index in [2.05, 4.69) is 0 Å². The monoisotopic (exact) mass is 236 g/mol. The first-order valence-electron chi connectivity index (χ1n) is 4.82. The number of nitrogens with two attached hydrogens (primary N) is 1. The fraction of sp³-hybridized carbons (Fsp3) is 0.182. The topological polar surface area (TPSA) is 98.5 Å². The number of carbonyl (C=O) groups is 3. The maximum absolute atomic E-state index is 11.0. The third-order valence-electron chi connectivity index (χ3n) is 1.89. The second-order valence-corrected chi connectivity index (χ2v) is 3.28. The molecule has 17 heavy (non-hydrogen) atoms. The zero-order valence-electron chi connectivity index (χ0n) is 9.23. The molecule has 0 radical (unpaired) electrons. The van der Waals surface area contributed by atoms with Gasteiger partial charge in [0.15, 0.2) is 12.4 Å². The van der Waals surface area contributed by atoms with Crippen LogP contribution in [0.15, 0.2) is 24.3 Å². The number of Topliss-reactive ketones (excluding diaryl/α,β-unsaturated/α-hetero) is 1. The van der Waals surface area contributed by atoms with Gasteiger partial charge in [0.2, 0.25) is 0 Å². The second kappa shape index (κ2) is 5.64. The Morgan fingerprint density at radius 1 is 1.24 bits per heavy atom. The molecule has 0 saturated carbocycles. The van der Waals surface area contributed by atoms with Crippen LogP contribution >= 0.6 is 0 Å². The number of nitrogens with one attached hydrogen (secondary N) is 1. The fourth-order valence-electron chi connectivity index (χ4n) is 1.11. The van der Waals surface area contributed by atoms with E-state index >= 15 is 0 Å². The first-order valence-corrected chi connectivity index (χ1v) is 4.82. The third kappa shape index (κ3) is 4.33. The van der Waals surface area contributed by atoms with Crippen molar-refractivity contribution >= 4 is 17.7 Å². The molecule has 0 bridgehead atoms. The minimum atomic E-state index is -0.925. The van der Waals surface area contributed by atoms with Crippen LogP contribution in [-0.2, 0) is 4.79 Å². The van der Waals surface area contributed by atoms with E-state index in [4.69, 9.17) is 10.5 Å². The van der Waals surface area contributed by atoms with Crippen molar-refractivity contribution in [1.82, 2.24) is 5.32 Å². The number of carbonyl (C=O) groups excluding carboxylic acids is 3. The highest BCUT2D eigenvalue weighted by Gasteiger charge is 2.05. The Hall–Kier alpha value is -2.37. The summed E-state index contributed by atoms with van der Waals surface area (Å²) in [6, 6.07) is 5.38. The molecule has 6 heteroatoms. The van der Waals surface area contributed by atoms with Crippen molar-refractivity contribution in [3.63, 3.8) is 0 Å². The molecule has 0 aliphatic heterocycles. The number of rotatable bonds is 4. The summed E-state index contributed by atoms with van der Waals surface area (Å²) in [5.41, 5.74) is 5.31. The minimum Gasteiger partial charge on any atom is -0.484 e. The Morgan fingerprint density at radius 2 is 1.82 bits per heavy atom. The Kier molecular flexibility index (Phi) is 4.21. The van der Waals surface area contributed by atoms with Crippen molar-refractivity contribution in [2.45, 2.75) is 6.92 Å². The summed E-state index contributed by atoms with van der Waals surface area (Å²) < 4.78 is 5.07. The van der Waals surface area contributed by atoms with E-state index < -0.39 is 11.9 Å². The molecule has 6 nitrogen and oxygen atoms in total. The zero-order valence-corrected chi connectivity index (χ0v) is 9.23. The van der Waals surface area contributed by atoms with Gasteiger partial charge in [0, 0.05) is 5.56 Å². The van der Waals surface area contributed by atoms with Gasteiger partial charge in [-0.25, -0.2) is 4.79 Å². The number of urea groups is 1. The summed E-state index contributed by atoms with van der Waals surface area (Å²) in [7, 11) is 0. The maximum Gasteiger partial charge on any atom is 0.318 e. The van der Waals surface area contributed by atoms with Crippen molar-refractivity contribution in [1.29, 1.82) is 0 Å². The van der Waals surface area contributed by atoms with E-state index in [0.29, 0.717) is 11.3 Å². The molecule has 3 N–H and O–H groups in total. The predicted octanol–water partition coefficient (Wildman–Crippen LogP) is 0.463. The molecule has 0 aromatic heterocycles. The lowest BCUT2D eigenvalue weighted by molar-refractivity contribution is -0.121. The van der Waals surface area contributed by atoms with Crippen LogP contribution in [0.3, 0.4) is 0 Å². The van der Waals surface area contributed by atoms with Crippen LogP contribution in [0.5, 0.6) is 5.75 Å². The number of imide groups is 1. The normalized spacial score (nSPS) is 9.47. The average Bonchev–Trinajstić information content (AvgIpc) is 2.26. The predicted molar refractivity (Wildman–Crippen MR) is 59.7 cm³/mol. The quantitative estimate of drug-likeness (QED) is 0.742. The number of hydrogen-bond donors (Lipinski definition) is 2. The molecule has 0 aliphatic carbocycles. The molecule has 0 atom stereocenters. The maximum atomic E-state index is 11.0. The minimum absolute atomic E-state index is 0.0528. The van der Waals surface area contributed by atoms with E-state index in [0.717, 1.165) is 0 Å². The lowest BCUT2D eigenvalue weighted by Gasteiger charge is -2.05. The molecule has 0 spiro atoms. The van der Waals surface area contributed by atoms with Crippen molar-refractivity contribution in [2.75, 3.05) is 6.61 Å². The number of amides is 3. The van der Waals surface area contributed by atoms with E-state index in [9.17, 15) is 14.4 Å². The Morgan fingerprint density at radius 3 is 2.29 bits per heavy atom. The van der Waals surface area contributed by atoms with Crippen LogP contribution in [0.1, 0.15) is 17.3 Å². The van der Waals surface area contributed by atoms with Crippen LogP contribution in [0.2, 0.25) is 0 Å². The lowest BCUT2D eigenvalue weighted by atomic mass is 10.1. The van der Waals surface area contributed by atoms with Crippen molar-refractivity contribution in [3.05, 3.63) is 29.8 Å². The summed E-state index contributed by atoms with van der Waals surface area (Å²) in [6.45, 7) is 1.14. The van der Waals surface area contributed by atoms with Gasteiger partial charge in [0.05, 0.1) is 0 Å². The molecule has 0 saturated heterocycles. The molecule has 0 aliphatic rings. The number of benzene rings is 1. The molecule has 3 amide bonds. The highest BCUT2D eigenvalue weighted by molar-refractivity contribution is 5.94. The molecule has 1 rings (SSSR count). The van der Waals surface area contributed by atoms with Crippen LogP contribution in [0, 0.1) is 0 Å². The van der Waals surface area contributed by atoms with E-state index in [1.165, 1.54) is 6.92 Å². The molecule has 90 valence electrons. The van der Waals surface area contributed by atoms with Crippen LogP contribution in [0.25, 0.3) is 0 Å². The number of ether oxygens (including phenoxy) is 1. The van der Waals surface area contributed by atoms with Crippen molar-refractivity contribution < 1.29 is 19.1 Å². The van der Waals surface area contributed by atoms with E-state index in [1.807, 2.05) is 5.32 Å². The van der Waals surface area contributed by atoms with Crippen LogP contribution < -0.4 is 15.8 Å². The number of hydrogen-bond acceptors (Lipinski definition) is 4. The highest BCUT2D eigenvalue weighted by Crippen LogP contribution is 2.12. The summed E-state index contributed by atoms with van der Waals surface area (Å²) >= 11 is 0.